The van der Waals surface area contributed by atoms with Gasteiger partial charge in [0.25, 0.3) is 0 Å². The monoisotopic (exact) mass is 238 g/mol. The number of alkyl halides is 3. The summed E-state index contributed by atoms with van der Waals surface area (Å²) in [6, 6.07) is 0. The van der Waals surface area contributed by atoms with Gasteiger partial charge in [0.1, 0.15) is 0 Å². The molecule has 0 aromatic rings. The van der Waals surface area contributed by atoms with E-state index in [2.05, 4.69) is 9.83 Å². The molecule has 1 aliphatic rings. The summed E-state index contributed by atoms with van der Waals surface area (Å²) in [6.07, 6.45) is 0. The Morgan fingerprint density at radius 2 is 1.92 bits per heavy atom. The fourth-order valence-electron chi connectivity index (χ4n) is 0.280. The van der Waals surface area contributed by atoms with E-state index < -0.39 is 15.6 Å². The highest BCUT2D eigenvalue weighted by Crippen LogP contribution is 2.20. The van der Waals surface area contributed by atoms with Crippen molar-refractivity contribution in [3.63, 3.8) is 0 Å². The third-order valence-electron chi connectivity index (χ3n) is 0.790. The van der Waals surface area contributed by atoms with Crippen molar-refractivity contribution in [2.45, 2.75) is 5.51 Å². The van der Waals surface area contributed by atoms with Crippen LogP contribution in [0.5, 0.6) is 0 Å². The topological polar surface area (TPSA) is 83.2 Å². The van der Waals surface area contributed by atoms with Crippen molar-refractivity contribution in [2.24, 2.45) is 0 Å². The minimum Gasteiger partial charge on any atom is -0.741 e. The molecule has 1 aliphatic heterocycles. The van der Waals surface area contributed by atoms with Gasteiger partial charge in [-0.3, -0.25) is 0 Å². The first-order valence-corrected chi connectivity index (χ1v) is 5.23. The second kappa shape index (κ2) is 4.85. The highest BCUT2D eigenvalue weighted by molar-refractivity contribution is 7.86. The smallest absolute Gasteiger partial charge is 0.485 e. The second-order valence-corrected chi connectivity index (χ2v) is 4.06. The van der Waals surface area contributed by atoms with Gasteiger partial charge in [-0.05, 0) is 0 Å². The van der Waals surface area contributed by atoms with Crippen LogP contribution in [-0.4, -0.2) is 31.6 Å². The number of rotatable bonds is 0. The summed E-state index contributed by atoms with van der Waals surface area (Å²) >= 11 is 0. The molecule has 5 nitrogen and oxygen atoms in total. The lowest BCUT2D eigenvalue weighted by molar-refractivity contribution is -0.418. The first kappa shape index (κ1) is 12.8. The third-order valence-corrected chi connectivity index (χ3v) is 2.12. The fourth-order valence-corrected chi connectivity index (χ4v) is 0.839. The molecule has 1 rings (SSSR count). The average Bonchev–Trinajstić information content (AvgIpc) is 2.35. The second-order valence-electron chi connectivity index (χ2n) is 1.83. The lowest BCUT2D eigenvalue weighted by atomic mass is 10.7. The van der Waals surface area contributed by atoms with Crippen LogP contribution < -0.4 is 9.83 Å². The van der Waals surface area contributed by atoms with Crippen molar-refractivity contribution in [3.05, 3.63) is 0 Å². The van der Waals surface area contributed by atoms with E-state index in [4.69, 9.17) is 13.0 Å². The quantitative estimate of drug-likeness (QED) is 0.314. The highest BCUT2D eigenvalue weighted by Gasteiger charge is 2.36. The van der Waals surface area contributed by atoms with E-state index in [0.29, 0.717) is 0 Å². The van der Waals surface area contributed by atoms with Crippen LogP contribution in [0.25, 0.3) is 0 Å². The largest absolute Gasteiger partial charge is 0.741 e. The van der Waals surface area contributed by atoms with Crippen molar-refractivity contribution in [1.29, 1.82) is 0 Å². The van der Waals surface area contributed by atoms with Crippen LogP contribution in [0.2, 0.25) is 0 Å². The molecular weight excluding hydrogens is 232 g/mol. The zero-order chi connectivity index (χ0) is 10.5. The maximum absolute atomic E-state index is 10.7. The molecule has 0 saturated heterocycles. The molecule has 78 valence electrons. The first-order chi connectivity index (χ1) is 5.75. The van der Waals surface area contributed by atoms with Gasteiger partial charge in [0, 0.05) is 0 Å². The van der Waals surface area contributed by atoms with Gasteiger partial charge < -0.3 is 4.55 Å². The van der Waals surface area contributed by atoms with Gasteiger partial charge in [-0.25, -0.2) is 18.3 Å². The summed E-state index contributed by atoms with van der Waals surface area (Å²) in [5, 5.41) is 3.08. The molecule has 0 fully saturated rings. The van der Waals surface area contributed by atoms with Crippen molar-refractivity contribution in [3.8, 4) is 0 Å². The molecule has 0 aliphatic carbocycles. The van der Waals surface area contributed by atoms with E-state index in [9.17, 15) is 13.2 Å². The normalized spacial score (nSPS) is 17.8. The molecule has 0 spiro atoms. The molecule has 0 radical (unpaired) electrons. The zero-order valence-corrected chi connectivity index (χ0v) is 7.84. The summed E-state index contributed by atoms with van der Waals surface area (Å²) in [4.78, 5) is 0. The van der Waals surface area contributed by atoms with Crippen LogP contribution in [0.4, 0.5) is 13.2 Å². The van der Waals surface area contributed by atoms with Gasteiger partial charge in [-0.15, -0.1) is 0 Å². The summed E-state index contributed by atoms with van der Waals surface area (Å²) in [5.74, 6) is 0. The van der Waals surface area contributed by atoms with Crippen molar-refractivity contribution < 1.29 is 30.9 Å². The van der Waals surface area contributed by atoms with Crippen molar-refractivity contribution >= 4 is 18.6 Å². The molecule has 0 aromatic heterocycles. The SMILES string of the molecule is C1C[NH+]=PN1.O=S(=O)([O-])C(F)(F)F. The molecule has 1 heterocycles. The maximum atomic E-state index is 10.7. The average molecular weight is 238 g/mol. The first-order valence-electron chi connectivity index (χ1n) is 2.93. The van der Waals surface area contributed by atoms with Crippen LogP contribution in [-0.2, 0) is 10.1 Å². The molecule has 0 aromatic carbocycles. The van der Waals surface area contributed by atoms with Gasteiger partial charge >= 0.3 is 14.0 Å². The Hall–Kier alpha value is -0.240. The van der Waals surface area contributed by atoms with Gasteiger partial charge in [0.15, 0.2) is 16.7 Å². The molecule has 0 unspecified atom stereocenters. The molecule has 0 saturated carbocycles. The van der Waals surface area contributed by atoms with Gasteiger partial charge in [0.2, 0.25) is 0 Å². The molecule has 0 bridgehead atoms. The highest BCUT2D eigenvalue weighted by atomic mass is 32.2. The lowest BCUT2D eigenvalue weighted by Crippen LogP contribution is -2.60. The van der Waals surface area contributed by atoms with Crippen LogP contribution in [0.1, 0.15) is 0 Å². The molecular formula is C3H6F3N2O3PS. The molecule has 0 atom stereocenters. The number of halogens is 3. The van der Waals surface area contributed by atoms with E-state index in [1.54, 1.807) is 0 Å². The maximum Gasteiger partial charge on any atom is 0.485 e. The minimum absolute atomic E-state index is 1.13. The van der Waals surface area contributed by atoms with Crippen LogP contribution in [0.15, 0.2) is 0 Å². The predicted molar refractivity (Wildman–Crippen MR) is 36.5 cm³/mol. The van der Waals surface area contributed by atoms with Crippen LogP contribution >= 0.6 is 8.52 Å². The van der Waals surface area contributed by atoms with Gasteiger partial charge in [0.05, 0.1) is 6.54 Å². The Kier molecular flexibility index (Phi) is 4.76. The number of nitrogens with one attached hydrogen (secondary N) is 2. The predicted octanol–water partition coefficient (Wildman–Crippen LogP) is -1.23. The number of hydrogen-bond acceptors (Lipinski definition) is 4. The summed E-state index contributed by atoms with van der Waals surface area (Å²) < 4.78 is 62.0. The zero-order valence-electron chi connectivity index (χ0n) is 6.13. The summed E-state index contributed by atoms with van der Waals surface area (Å²) in [6.45, 7) is 2.25. The fraction of sp³-hybridized carbons (Fsp3) is 1.00. The molecule has 0 amide bonds. The van der Waals surface area contributed by atoms with Gasteiger partial charge in [-0.1, -0.05) is 0 Å². The van der Waals surface area contributed by atoms with E-state index >= 15 is 0 Å². The molecule has 10 heteroatoms. The lowest BCUT2D eigenvalue weighted by Gasteiger charge is -2.08. The van der Waals surface area contributed by atoms with Crippen molar-refractivity contribution in [2.75, 3.05) is 13.1 Å². The number of hydrogen-bond donors (Lipinski definition) is 2. The summed E-state index contributed by atoms with van der Waals surface area (Å²) in [5.41, 5.74) is -5.65. The van der Waals surface area contributed by atoms with Crippen molar-refractivity contribution in [1.82, 2.24) is 5.09 Å². The minimum atomic E-state index is -6.09. The van der Waals surface area contributed by atoms with E-state index in [0.717, 1.165) is 13.1 Å². The van der Waals surface area contributed by atoms with E-state index in [1.807, 2.05) is 0 Å². The summed E-state index contributed by atoms with van der Waals surface area (Å²) in [7, 11) is -4.90. The van der Waals surface area contributed by atoms with E-state index in [-0.39, 0.29) is 0 Å². The van der Waals surface area contributed by atoms with Gasteiger partial charge in [-0.2, -0.15) is 13.2 Å². The Balaban J connectivity index is 0.000000243. The van der Waals surface area contributed by atoms with Crippen LogP contribution in [0.3, 0.4) is 0 Å². The Labute approximate surface area is 74.0 Å². The molecule has 2 N–H and O–H groups in total. The molecule has 13 heavy (non-hydrogen) atoms. The van der Waals surface area contributed by atoms with Crippen LogP contribution in [0, 0.1) is 0 Å². The standard InChI is InChI=1S/C2H5N2P.CHF3O3S/c1-2-4-5-3-1;2-1(3,4)8(5,6)7/h1-2H2,(H,3,4);(H,5,6,7). The Morgan fingerprint density at radius 1 is 1.46 bits per heavy atom. The Bertz CT molecular complexity index is 268. The third kappa shape index (κ3) is 5.92. The Morgan fingerprint density at radius 3 is 2.00 bits per heavy atom. The van der Waals surface area contributed by atoms with E-state index in [1.165, 1.54) is 8.52 Å².